The van der Waals surface area contributed by atoms with Gasteiger partial charge in [-0.1, -0.05) is 37.1 Å². The number of hydrogen-bond donors (Lipinski definition) is 2. The fourth-order valence-electron chi connectivity index (χ4n) is 3.42. The molecule has 0 spiro atoms. The van der Waals surface area contributed by atoms with Gasteiger partial charge in [-0.2, -0.15) is 13.2 Å². The van der Waals surface area contributed by atoms with Crippen LogP contribution in [0.2, 0.25) is 0 Å². The quantitative estimate of drug-likeness (QED) is 0.641. The second kappa shape index (κ2) is 9.06. The Hall–Kier alpha value is -2.23. The Balaban J connectivity index is 1.81. The first-order valence-corrected chi connectivity index (χ1v) is 10.4. The molecule has 1 heterocycles. The van der Waals surface area contributed by atoms with Crippen LogP contribution in [0.15, 0.2) is 29.4 Å². The maximum Gasteiger partial charge on any atom is 0.416 e. The molecule has 158 valence electrons. The number of nitrogens with two attached hydrogens (primary N) is 1. The van der Waals surface area contributed by atoms with Crippen LogP contribution in [0.4, 0.5) is 18.9 Å². The van der Waals surface area contributed by atoms with Crippen LogP contribution in [0.3, 0.4) is 0 Å². The Morgan fingerprint density at radius 2 is 2.03 bits per heavy atom. The molecular formula is C19H24F3N5OS. The van der Waals surface area contributed by atoms with Crippen molar-refractivity contribution in [2.75, 3.05) is 5.32 Å². The number of thioether (sulfide) groups is 1. The molecule has 1 aromatic carbocycles. The average molecular weight is 427 g/mol. The molecule has 3 N–H and O–H groups in total. The molecule has 29 heavy (non-hydrogen) atoms. The molecule has 1 unspecified atom stereocenters. The van der Waals surface area contributed by atoms with E-state index in [2.05, 4.69) is 15.5 Å². The highest BCUT2D eigenvalue weighted by molar-refractivity contribution is 8.00. The molecule has 1 aromatic heterocycles. The van der Waals surface area contributed by atoms with Crippen molar-refractivity contribution in [3.63, 3.8) is 0 Å². The summed E-state index contributed by atoms with van der Waals surface area (Å²) in [5.74, 6) is 0.199. The SMILES string of the molecule is CC(Sc1nnc(CNc2cccc(C(F)(F)F)c2)n1C1CCCCC1)C(N)=O. The molecular weight excluding hydrogens is 403 g/mol. The molecule has 1 saturated carbocycles. The Labute approximate surface area is 171 Å². The standard InChI is InChI=1S/C19H24F3N5OS/c1-12(17(23)28)29-18-26-25-16(27(18)15-8-3-2-4-9-15)11-24-14-7-5-6-13(10-14)19(20,21)22/h5-7,10,12,15,24H,2-4,8-9,11H2,1H3,(H2,23,28). The molecule has 1 aliphatic carbocycles. The van der Waals surface area contributed by atoms with E-state index in [4.69, 9.17) is 5.73 Å². The Morgan fingerprint density at radius 1 is 1.31 bits per heavy atom. The molecule has 1 aliphatic rings. The summed E-state index contributed by atoms with van der Waals surface area (Å²) in [5.41, 5.74) is 5.03. The van der Waals surface area contributed by atoms with E-state index in [-0.39, 0.29) is 12.6 Å². The zero-order chi connectivity index (χ0) is 21.0. The number of aromatic nitrogens is 3. The second-order valence-corrected chi connectivity index (χ2v) is 8.46. The second-order valence-electron chi connectivity index (χ2n) is 7.16. The van der Waals surface area contributed by atoms with E-state index in [0.29, 0.717) is 16.7 Å². The molecule has 1 atom stereocenters. The van der Waals surface area contributed by atoms with Gasteiger partial charge in [0.15, 0.2) is 11.0 Å². The van der Waals surface area contributed by atoms with Gasteiger partial charge in [0, 0.05) is 11.7 Å². The van der Waals surface area contributed by atoms with E-state index in [1.165, 1.54) is 24.2 Å². The molecule has 1 fully saturated rings. The van der Waals surface area contributed by atoms with Gasteiger partial charge in [0.25, 0.3) is 0 Å². The summed E-state index contributed by atoms with van der Waals surface area (Å²) in [6.45, 7) is 1.95. The van der Waals surface area contributed by atoms with Crippen molar-refractivity contribution in [2.45, 2.75) is 68.2 Å². The fraction of sp³-hybridized carbons (Fsp3) is 0.526. The summed E-state index contributed by atoms with van der Waals surface area (Å²) in [4.78, 5) is 11.5. The normalized spacial score (nSPS) is 16.6. The molecule has 1 amide bonds. The van der Waals surface area contributed by atoms with Crippen molar-refractivity contribution >= 4 is 23.4 Å². The van der Waals surface area contributed by atoms with Gasteiger partial charge in [0.1, 0.15) is 0 Å². The Kier molecular flexibility index (Phi) is 6.71. The first-order chi connectivity index (χ1) is 13.8. The summed E-state index contributed by atoms with van der Waals surface area (Å²) in [6.07, 6.45) is 0.934. The number of hydrogen-bond acceptors (Lipinski definition) is 5. The fourth-order valence-corrected chi connectivity index (χ4v) is 4.31. The Morgan fingerprint density at radius 3 is 2.69 bits per heavy atom. The topological polar surface area (TPSA) is 85.8 Å². The van der Waals surface area contributed by atoms with Gasteiger partial charge in [-0.3, -0.25) is 4.79 Å². The van der Waals surface area contributed by atoms with Crippen molar-refractivity contribution < 1.29 is 18.0 Å². The van der Waals surface area contributed by atoms with E-state index >= 15 is 0 Å². The van der Waals surface area contributed by atoms with Gasteiger partial charge >= 0.3 is 6.18 Å². The average Bonchev–Trinajstić information content (AvgIpc) is 3.09. The van der Waals surface area contributed by atoms with Crippen LogP contribution in [-0.4, -0.2) is 25.9 Å². The number of nitrogens with one attached hydrogen (secondary N) is 1. The van der Waals surface area contributed by atoms with E-state index in [1.807, 2.05) is 4.57 Å². The lowest BCUT2D eigenvalue weighted by atomic mass is 9.95. The maximum absolute atomic E-state index is 12.9. The van der Waals surface area contributed by atoms with Crippen molar-refractivity contribution in [1.82, 2.24) is 14.8 Å². The van der Waals surface area contributed by atoms with Crippen LogP contribution in [0.25, 0.3) is 0 Å². The third-order valence-corrected chi connectivity index (χ3v) is 6.07. The number of rotatable bonds is 7. The minimum atomic E-state index is -4.39. The lowest BCUT2D eigenvalue weighted by Gasteiger charge is -2.26. The monoisotopic (exact) mass is 427 g/mol. The van der Waals surface area contributed by atoms with Crippen LogP contribution >= 0.6 is 11.8 Å². The third-order valence-electron chi connectivity index (χ3n) is 5.00. The highest BCUT2D eigenvalue weighted by Crippen LogP contribution is 2.34. The number of halogens is 3. The number of anilines is 1. The van der Waals surface area contributed by atoms with Gasteiger partial charge in [-0.05, 0) is 38.0 Å². The number of primary amides is 1. The number of amides is 1. The predicted octanol–water partition coefficient (Wildman–Crippen LogP) is 4.38. The zero-order valence-corrected chi connectivity index (χ0v) is 16.9. The van der Waals surface area contributed by atoms with Gasteiger partial charge in [0.2, 0.25) is 5.91 Å². The summed E-state index contributed by atoms with van der Waals surface area (Å²) >= 11 is 1.26. The number of carbonyl (C=O) groups is 1. The summed E-state index contributed by atoms with van der Waals surface area (Å²) in [5, 5.41) is 11.7. The van der Waals surface area contributed by atoms with Gasteiger partial charge < -0.3 is 15.6 Å². The lowest BCUT2D eigenvalue weighted by molar-refractivity contribution is -0.137. The lowest BCUT2D eigenvalue weighted by Crippen LogP contribution is -2.24. The van der Waals surface area contributed by atoms with Gasteiger partial charge in [0.05, 0.1) is 17.4 Å². The van der Waals surface area contributed by atoms with Crippen LogP contribution < -0.4 is 11.1 Å². The number of alkyl halides is 3. The van der Waals surface area contributed by atoms with Crippen molar-refractivity contribution in [2.24, 2.45) is 5.73 Å². The van der Waals surface area contributed by atoms with E-state index in [1.54, 1.807) is 13.0 Å². The van der Waals surface area contributed by atoms with Crippen LogP contribution in [0, 0.1) is 0 Å². The molecule has 2 aromatic rings. The highest BCUT2D eigenvalue weighted by Gasteiger charge is 2.30. The predicted molar refractivity (Wildman–Crippen MR) is 105 cm³/mol. The number of benzene rings is 1. The van der Waals surface area contributed by atoms with Gasteiger partial charge in [-0.25, -0.2) is 0 Å². The molecule has 0 saturated heterocycles. The molecule has 0 aliphatic heterocycles. The van der Waals surface area contributed by atoms with Crippen molar-refractivity contribution in [3.8, 4) is 0 Å². The summed E-state index contributed by atoms with van der Waals surface area (Å²) < 4.78 is 40.8. The molecule has 0 bridgehead atoms. The first-order valence-electron chi connectivity index (χ1n) is 9.56. The molecule has 3 rings (SSSR count). The first kappa shape index (κ1) is 21.5. The molecule has 6 nitrogen and oxygen atoms in total. The van der Waals surface area contributed by atoms with Crippen LogP contribution in [0.1, 0.15) is 56.5 Å². The van der Waals surface area contributed by atoms with Crippen molar-refractivity contribution in [1.29, 1.82) is 0 Å². The third kappa shape index (κ3) is 5.43. The van der Waals surface area contributed by atoms with Crippen LogP contribution in [0.5, 0.6) is 0 Å². The minimum absolute atomic E-state index is 0.208. The van der Waals surface area contributed by atoms with E-state index in [0.717, 1.165) is 37.8 Å². The molecule has 0 radical (unpaired) electrons. The molecule has 10 heteroatoms. The maximum atomic E-state index is 12.9. The van der Waals surface area contributed by atoms with E-state index in [9.17, 15) is 18.0 Å². The van der Waals surface area contributed by atoms with Crippen molar-refractivity contribution in [3.05, 3.63) is 35.7 Å². The van der Waals surface area contributed by atoms with E-state index < -0.39 is 22.9 Å². The van der Waals surface area contributed by atoms with Crippen LogP contribution in [-0.2, 0) is 17.5 Å². The number of carbonyl (C=O) groups excluding carboxylic acids is 1. The largest absolute Gasteiger partial charge is 0.416 e. The smallest absolute Gasteiger partial charge is 0.378 e. The highest BCUT2D eigenvalue weighted by atomic mass is 32.2. The minimum Gasteiger partial charge on any atom is -0.378 e. The van der Waals surface area contributed by atoms with Gasteiger partial charge in [-0.15, -0.1) is 10.2 Å². The summed E-state index contributed by atoms with van der Waals surface area (Å²) in [7, 11) is 0. The number of nitrogens with zero attached hydrogens (tertiary/aromatic N) is 3. The summed E-state index contributed by atoms with van der Waals surface area (Å²) in [6, 6.07) is 5.27. The Bertz CT molecular complexity index is 849. The zero-order valence-electron chi connectivity index (χ0n) is 16.1.